The fourth-order valence-corrected chi connectivity index (χ4v) is 3.53. The molecule has 158 valence electrons. The molecule has 0 atom stereocenters. The van der Waals surface area contributed by atoms with Gasteiger partial charge in [0.25, 0.3) is 0 Å². The largest absolute Gasteiger partial charge is 0.349 e. The smallest absolute Gasteiger partial charge is 0.171 e. The highest BCUT2D eigenvalue weighted by Gasteiger charge is 2.22. The monoisotopic (exact) mass is 424 g/mol. The van der Waals surface area contributed by atoms with Gasteiger partial charge in [0, 0.05) is 31.5 Å². The highest BCUT2D eigenvalue weighted by Crippen LogP contribution is 2.28. The molecule has 0 unspecified atom stereocenters. The molecule has 0 fully saturated rings. The number of anilines is 1. The molecule has 3 aromatic rings. The predicted octanol–water partition coefficient (Wildman–Crippen LogP) is 4.40. The number of halogens is 3. The normalized spacial score (nSPS) is 14.1. The minimum atomic E-state index is -0.903. The van der Waals surface area contributed by atoms with Gasteiger partial charge in [-0.05, 0) is 43.2 Å². The first kappa shape index (κ1) is 20.7. The van der Waals surface area contributed by atoms with Gasteiger partial charge >= 0.3 is 0 Å². The van der Waals surface area contributed by atoms with E-state index in [0.29, 0.717) is 36.4 Å². The minimum Gasteiger partial charge on any atom is -0.349 e. The molecule has 3 heterocycles. The van der Waals surface area contributed by atoms with Gasteiger partial charge in [-0.2, -0.15) is 0 Å². The number of carbonyl (C=O) groups is 1. The summed E-state index contributed by atoms with van der Waals surface area (Å²) in [6, 6.07) is 5.77. The number of benzene rings is 1. The number of nitrogens with zero attached hydrogens (tertiary/aromatic N) is 4. The summed E-state index contributed by atoms with van der Waals surface area (Å²) in [4.78, 5) is 27.0. The van der Waals surface area contributed by atoms with Crippen LogP contribution < -0.4 is 4.90 Å². The van der Waals surface area contributed by atoms with Crippen LogP contribution in [0.25, 0.3) is 5.57 Å². The molecule has 8 heteroatoms. The van der Waals surface area contributed by atoms with Crippen LogP contribution in [0.15, 0.2) is 54.5 Å². The van der Waals surface area contributed by atoms with Crippen LogP contribution in [0.4, 0.5) is 19.0 Å². The van der Waals surface area contributed by atoms with Crippen molar-refractivity contribution in [1.82, 2.24) is 15.0 Å². The fraction of sp³-hybridized carbons (Fsp3) is 0.217. The maximum absolute atomic E-state index is 14.1. The third kappa shape index (κ3) is 4.47. The van der Waals surface area contributed by atoms with Crippen molar-refractivity contribution in [3.63, 3.8) is 0 Å². The minimum absolute atomic E-state index is 0.154. The Bertz CT molecular complexity index is 1160. The molecule has 0 saturated carbocycles. The van der Waals surface area contributed by atoms with Gasteiger partial charge in [0.2, 0.25) is 0 Å². The zero-order chi connectivity index (χ0) is 22.0. The number of pyridine rings is 1. The number of rotatable bonds is 5. The molecular weight excluding hydrogens is 405 g/mol. The number of carbonyl (C=O) groups excluding carboxylic acids is 1. The Kier molecular flexibility index (Phi) is 5.79. The first-order valence-electron chi connectivity index (χ1n) is 9.76. The van der Waals surface area contributed by atoms with E-state index in [1.807, 2.05) is 11.8 Å². The molecule has 4 rings (SSSR count). The van der Waals surface area contributed by atoms with Crippen molar-refractivity contribution >= 4 is 17.2 Å². The van der Waals surface area contributed by atoms with Crippen molar-refractivity contribution in [3.8, 4) is 0 Å². The van der Waals surface area contributed by atoms with Gasteiger partial charge in [-0.15, -0.1) is 0 Å². The van der Waals surface area contributed by atoms with E-state index in [-0.39, 0.29) is 17.8 Å². The van der Waals surface area contributed by atoms with E-state index < -0.39 is 17.4 Å². The van der Waals surface area contributed by atoms with E-state index in [4.69, 9.17) is 0 Å². The molecule has 1 aliphatic rings. The van der Waals surface area contributed by atoms with Crippen molar-refractivity contribution in [2.75, 3.05) is 18.0 Å². The molecule has 1 aromatic carbocycles. The lowest BCUT2D eigenvalue weighted by Gasteiger charge is -2.30. The van der Waals surface area contributed by atoms with Gasteiger partial charge < -0.3 is 4.90 Å². The Balaban J connectivity index is 1.50. The van der Waals surface area contributed by atoms with Crippen LogP contribution in [0.2, 0.25) is 0 Å². The fourth-order valence-electron chi connectivity index (χ4n) is 3.53. The second-order valence-corrected chi connectivity index (χ2v) is 7.36. The van der Waals surface area contributed by atoms with Gasteiger partial charge in [0.15, 0.2) is 17.4 Å². The molecular formula is C23H19F3N4O. The van der Waals surface area contributed by atoms with Crippen LogP contribution in [-0.4, -0.2) is 33.8 Å². The van der Waals surface area contributed by atoms with E-state index in [2.05, 4.69) is 15.0 Å². The zero-order valence-corrected chi connectivity index (χ0v) is 16.8. The van der Waals surface area contributed by atoms with E-state index >= 15 is 0 Å². The molecule has 31 heavy (non-hydrogen) atoms. The number of hydrogen-bond donors (Lipinski definition) is 0. The second kappa shape index (κ2) is 8.67. The van der Waals surface area contributed by atoms with Gasteiger partial charge in [-0.1, -0.05) is 5.57 Å². The van der Waals surface area contributed by atoms with Gasteiger partial charge in [0.05, 0.1) is 29.6 Å². The first-order valence-corrected chi connectivity index (χ1v) is 9.76. The summed E-state index contributed by atoms with van der Waals surface area (Å²) >= 11 is 0. The second-order valence-electron chi connectivity index (χ2n) is 7.36. The molecule has 5 nitrogen and oxygen atoms in total. The molecule has 0 saturated heterocycles. The first-order chi connectivity index (χ1) is 14.9. The van der Waals surface area contributed by atoms with Gasteiger partial charge in [0.1, 0.15) is 11.6 Å². The summed E-state index contributed by atoms with van der Waals surface area (Å²) in [5.74, 6) is -2.24. The Morgan fingerprint density at radius 1 is 1.06 bits per heavy atom. The van der Waals surface area contributed by atoms with Crippen LogP contribution in [-0.2, 0) is 6.42 Å². The zero-order valence-electron chi connectivity index (χ0n) is 16.8. The lowest BCUT2D eigenvalue weighted by Crippen LogP contribution is -2.32. The van der Waals surface area contributed by atoms with Crippen molar-refractivity contribution < 1.29 is 18.0 Å². The average molecular weight is 424 g/mol. The number of hydrogen-bond acceptors (Lipinski definition) is 5. The highest BCUT2D eigenvalue weighted by molar-refractivity contribution is 5.97. The highest BCUT2D eigenvalue weighted by atomic mass is 19.1. The van der Waals surface area contributed by atoms with Crippen molar-refractivity contribution in [3.05, 3.63) is 88.9 Å². The predicted molar refractivity (Wildman–Crippen MR) is 110 cm³/mol. The maximum atomic E-state index is 14.1. The molecule has 0 spiro atoms. The summed E-state index contributed by atoms with van der Waals surface area (Å²) in [7, 11) is 0. The number of aromatic nitrogens is 3. The van der Waals surface area contributed by atoms with Crippen LogP contribution >= 0.6 is 0 Å². The SMILES string of the molecule is CC1=C(c2cnc(CC(=O)c3ccc(F)cc3F)cn2)CN(c2ncccc2F)CC1. The third-order valence-electron chi connectivity index (χ3n) is 5.25. The number of ketones is 1. The van der Waals surface area contributed by atoms with Crippen LogP contribution in [0.3, 0.4) is 0 Å². The van der Waals surface area contributed by atoms with Gasteiger partial charge in [-0.25, -0.2) is 18.2 Å². The molecule has 2 aromatic heterocycles. The van der Waals surface area contributed by atoms with Crippen LogP contribution in [0, 0.1) is 17.5 Å². The standard InChI is InChI=1S/C23H19F3N4O/c1-14-6-8-30(23-19(25)3-2-7-27-23)13-18(14)21-12-28-16(11-29-21)10-22(31)17-5-4-15(24)9-20(17)26/h2-5,7,9,11-12H,6,8,10,13H2,1H3. The molecule has 1 aliphatic heterocycles. The molecule has 0 radical (unpaired) electrons. The third-order valence-corrected chi connectivity index (χ3v) is 5.25. The van der Waals surface area contributed by atoms with E-state index in [0.717, 1.165) is 29.7 Å². The quantitative estimate of drug-likeness (QED) is 0.569. The molecule has 0 aliphatic carbocycles. The number of Topliss-reactive ketones (excluding diaryl/α,β-unsaturated/α-hetero) is 1. The summed E-state index contributed by atoms with van der Waals surface area (Å²) in [5.41, 5.74) is 2.86. The average Bonchev–Trinajstić information content (AvgIpc) is 2.75. The van der Waals surface area contributed by atoms with Crippen LogP contribution in [0.1, 0.15) is 35.1 Å². The van der Waals surface area contributed by atoms with E-state index in [1.165, 1.54) is 12.3 Å². The Labute approximate surface area is 177 Å². The Morgan fingerprint density at radius 2 is 1.90 bits per heavy atom. The van der Waals surface area contributed by atoms with E-state index in [9.17, 15) is 18.0 Å². The Morgan fingerprint density at radius 3 is 2.61 bits per heavy atom. The van der Waals surface area contributed by atoms with Crippen molar-refractivity contribution in [2.24, 2.45) is 0 Å². The lowest BCUT2D eigenvalue weighted by atomic mass is 9.99. The Hall–Kier alpha value is -3.55. The van der Waals surface area contributed by atoms with Gasteiger partial charge in [-0.3, -0.25) is 14.8 Å². The lowest BCUT2D eigenvalue weighted by molar-refractivity contribution is 0.0988. The molecule has 0 amide bonds. The summed E-state index contributed by atoms with van der Waals surface area (Å²) in [6.07, 6.45) is 5.16. The van der Waals surface area contributed by atoms with Crippen LogP contribution in [0.5, 0.6) is 0 Å². The maximum Gasteiger partial charge on any atom is 0.171 e. The summed E-state index contributed by atoms with van der Waals surface area (Å²) in [6.45, 7) is 3.08. The van der Waals surface area contributed by atoms with E-state index in [1.54, 1.807) is 18.5 Å². The topological polar surface area (TPSA) is 59.0 Å². The van der Waals surface area contributed by atoms with Crippen molar-refractivity contribution in [1.29, 1.82) is 0 Å². The molecule has 0 bridgehead atoms. The molecule has 0 N–H and O–H groups in total. The van der Waals surface area contributed by atoms with Crippen molar-refractivity contribution in [2.45, 2.75) is 19.8 Å². The summed E-state index contributed by atoms with van der Waals surface area (Å²) in [5, 5.41) is 0. The summed E-state index contributed by atoms with van der Waals surface area (Å²) < 4.78 is 41.0.